The number of benzene rings is 2. The molecule has 1 saturated heterocycles. The van der Waals surface area contributed by atoms with Gasteiger partial charge in [-0.2, -0.15) is 0 Å². The van der Waals surface area contributed by atoms with Crippen LogP contribution in [0.3, 0.4) is 0 Å². The van der Waals surface area contributed by atoms with Crippen LogP contribution >= 0.6 is 11.3 Å². The number of hydrogen-bond acceptors (Lipinski definition) is 9. The molecule has 4 amide bonds. The average molecular weight is 742 g/mol. The summed E-state index contributed by atoms with van der Waals surface area (Å²) in [5.74, 6) is -0.550. The smallest absolute Gasteiger partial charge is 0.422 e. The standard InChI is InChI=1S/C40H51N7O5S/c1-27(2)36(47-21-20-45(39(47)51)24-32-26-53-28(3)42-32)37(49)43-34(22-29-12-8-7-9-13-29)35(48)25-46(44-38(50)52-40(4,5)6)23-30-15-17-31(18-16-30)33-14-10-11-19-41-33/h7-19,26-27,34-36,48H,20-25H2,1-6H3,(H,43,49)(H,44,50)/t34-,35-,36-/m0/s1. The van der Waals surface area contributed by atoms with Crippen molar-refractivity contribution < 1.29 is 24.2 Å². The molecule has 282 valence electrons. The number of aryl methyl sites for hydroxylation is 1. The van der Waals surface area contributed by atoms with Crippen LogP contribution < -0.4 is 10.7 Å². The summed E-state index contributed by atoms with van der Waals surface area (Å²) in [6.45, 7) is 12.6. The normalized spacial score (nSPS) is 15.1. The number of aliphatic hydroxyl groups is 1. The van der Waals surface area contributed by atoms with Crippen LogP contribution in [0.4, 0.5) is 9.59 Å². The third-order valence-electron chi connectivity index (χ3n) is 8.82. The molecule has 1 fully saturated rings. The first-order chi connectivity index (χ1) is 25.3. The zero-order valence-electron chi connectivity index (χ0n) is 31.4. The SMILES string of the molecule is Cc1nc(CN2CCN([C@H](C(=O)N[C@@H](Cc3ccccc3)[C@@H](O)CN(Cc3ccc(-c4ccccn4)cc3)NC(=O)OC(C)(C)C)C(C)C)C2=O)cs1. The maximum atomic E-state index is 14.2. The molecule has 53 heavy (non-hydrogen) atoms. The molecule has 1 aliphatic heterocycles. The van der Waals surface area contributed by atoms with E-state index in [1.54, 1.807) is 41.8 Å². The van der Waals surface area contributed by atoms with Crippen molar-refractivity contribution in [1.82, 2.24) is 35.5 Å². The second-order valence-corrected chi connectivity index (χ2v) is 15.8. The van der Waals surface area contributed by atoms with Crippen molar-refractivity contribution in [1.29, 1.82) is 0 Å². The van der Waals surface area contributed by atoms with Crippen LogP contribution in [0.5, 0.6) is 0 Å². The molecule has 0 unspecified atom stereocenters. The predicted molar refractivity (Wildman–Crippen MR) is 206 cm³/mol. The first kappa shape index (κ1) is 39.4. The second-order valence-electron chi connectivity index (χ2n) is 14.7. The van der Waals surface area contributed by atoms with E-state index in [-0.39, 0.29) is 30.9 Å². The van der Waals surface area contributed by atoms with Crippen LogP contribution in [0.15, 0.2) is 84.4 Å². The second kappa shape index (κ2) is 17.8. The van der Waals surface area contributed by atoms with Crippen LogP contribution in [0.1, 0.15) is 56.4 Å². The molecule has 3 heterocycles. The zero-order valence-corrected chi connectivity index (χ0v) is 32.2. The summed E-state index contributed by atoms with van der Waals surface area (Å²) in [7, 11) is 0. The van der Waals surface area contributed by atoms with E-state index in [1.165, 1.54) is 11.3 Å². The van der Waals surface area contributed by atoms with Gasteiger partial charge in [0.05, 0.1) is 35.1 Å². The van der Waals surface area contributed by atoms with E-state index in [0.717, 1.165) is 33.1 Å². The monoisotopic (exact) mass is 741 g/mol. The largest absolute Gasteiger partial charge is 0.443 e. The number of pyridine rings is 1. The van der Waals surface area contributed by atoms with Gasteiger partial charge in [0.25, 0.3) is 0 Å². The maximum absolute atomic E-state index is 14.2. The quantitative estimate of drug-likeness (QED) is 0.130. The van der Waals surface area contributed by atoms with Gasteiger partial charge >= 0.3 is 12.1 Å². The van der Waals surface area contributed by atoms with Crippen LogP contribution in [0, 0.1) is 12.8 Å². The van der Waals surface area contributed by atoms with E-state index in [1.807, 2.05) is 98.9 Å². The molecule has 5 rings (SSSR count). The fourth-order valence-corrected chi connectivity index (χ4v) is 6.98. The summed E-state index contributed by atoms with van der Waals surface area (Å²) < 4.78 is 5.56. The van der Waals surface area contributed by atoms with Gasteiger partial charge in [-0.05, 0) is 63.3 Å². The van der Waals surface area contributed by atoms with Crippen LogP contribution in [-0.4, -0.2) is 91.3 Å². The highest BCUT2D eigenvalue weighted by Crippen LogP contribution is 2.23. The minimum absolute atomic E-state index is 0.0329. The number of aliphatic hydroxyl groups excluding tert-OH is 1. The molecule has 2 aromatic heterocycles. The molecular weight excluding hydrogens is 691 g/mol. The number of amides is 4. The Morgan fingerprint density at radius 3 is 2.34 bits per heavy atom. The van der Waals surface area contributed by atoms with Crippen molar-refractivity contribution >= 4 is 29.4 Å². The van der Waals surface area contributed by atoms with Crippen molar-refractivity contribution in [2.45, 2.75) is 84.8 Å². The van der Waals surface area contributed by atoms with Gasteiger partial charge in [-0.1, -0.05) is 74.5 Å². The van der Waals surface area contributed by atoms with Gasteiger partial charge in [-0.3, -0.25) is 15.2 Å². The summed E-state index contributed by atoms with van der Waals surface area (Å²) in [6, 6.07) is 21.4. The number of nitrogens with zero attached hydrogens (tertiary/aromatic N) is 5. The summed E-state index contributed by atoms with van der Waals surface area (Å²) in [5, 5.41) is 19.5. The first-order valence-electron chi connectivity index (χ1n) is 18.0. The number of aromatic nitrogens is 2. The Morgan fingerprint density at radius 2 is 1.72 bits per heavy atom. The lowest BCUT2D eigenvalue weighted by molar-refractivity contribution is -0.128. The maximum Gasteiger partial charge on any atom is 0.422 e. The van der Waals surface area contributed by atoms with E-state index in [9.17, 15) is 19.5 Å². The Hall–Kier alpha value is -4.85. The van der Waals surface area contributed by atoms with Gasteiger partial charge in [0.2, 0.25) is 5.91 Å². The number of thiazole rings is 1. The first-order valence-corrected chi connectivity index (χ1v) is 18.9. The van der Waals surface area contributed by atoms with E-state index in [0.29, 0.717) is 26.1 Å². The van der Waals surface area contributed by atoms with Crippen LogP contribution in [-0.2, 0) is 29.0 Å². The summed E-state index contributed by atoms with van der Waals surface area (Å²) in [6.07, 6.45) is 0.269. The summed E-state index contributed by atoms with van der Waals surface area (Å²) in [4.78, 5) is 53.1. The molecule has 2 aromatic carbocycles. The molecule has 13 heteroatoms. The van der Waals surface area contributed by atoms with Crippen molar-refractivity contribution in [2.75, 3.05) is 19.6 Å². The summed E-state index contributed by atoms with van der Waals surface area (Å²) in [5.41, 5.74) is 6.48. The minimum atomic E-state index is -1.13. The average Bonchev–Trinajstić information content (AvgIpc) is 3.68. The van der Waals surface area contributed by atoms with Crippen LogP contribution in [0.25, 0.3) is 11.3 Å². The van der Waals surface area contributed by atoms with Crippen molar-refractivity contribution in [2.24, 2.45) is 5.92 Å². The van der Waals surface area contributed by atoms with Gasteiger partial charge in [0, 0.05) is 43.3 Å². The fraction of sp³-hybridized carbons (Fsp3) is 0.425. The number of rotatable bonds is 15. The van der Waals surface area contributed by atoms with Gasteiger partial charge in [0.15, 0.2) is 0 Å². The number of hydrogen-bond donors (Lipinski definition) is 3. The van der Waals surface area contributed by atoms with Crippen molar-refractivity contribution in [3.05, 3.63) is 106 Å². The Labute approximate surface area is 316 Å². The van der Waals surface area contributed by atoms with Gasteiger partial charge in [-0.25, -0.2) is 19.6 Å². The third kappa shape index (κ3) is 11.3. The number of carbonyl (C=O) groups is 3. The lowest BCUT2D eigenvalue weighted by atomic mass is 9.97. The molecule has 12 nitrogen and oxygen atoms in total. The molecule has 0 saturated carbocycles. The van der Waals surface area contributed by atoms with Gasteiger partial charge < -0.3 is 25.0 Å². The minimum Gasteiger partial charge on any atom is -0.443 e. The number of carbonyl (C=O) groups excluding carboxylic acids is 3. The number of nitrogens with one attached hydrogen (secondary N) is 2. The van der Waals surface area contributed by atoms with Gasteiger partial charge in [-0.15, -0.1) is 11.3 Å². The van der Waals surface area contributed by atoms with Gasteiger partial charge in [0.1, 0.15) is 11.6 Å². The Balaban J connectivity index is 1.34. The molecule has 0 bridgehead atoms. The molecule has 3 N–H and O–H groups in total. The topological polar surface area (TPSA) is 140 Å². The number of ether oxygens (including phenoxy) is 1. The highest BCUT2D eigenvalue weighted by molar-refractivity contribution is 7.09. The van der Waals surface area contributed by atoms with E-state index >= 15 is 0 Å². The molecule has 0 radical (unpaired) electrons. The van der Waals surface area contributed by atoms with Crippen LogP contribution in [0.2, 0.25) is 0 Å². The van der Waals surface area contributed by atoms with Crippen molar-refractivity contribution in [3.63, 3.8) is 0 Å². The fourth-order valence-electron chi connectivity index (χ4n) is 6.37. The Bertz CT molecular complexity index is 1800. The molecule has 1 aliphatic rings. The third-order valence-corrected chi connectivity index (χ3v) is 9.64. The highest BCUT2D eigenvalue weighted by Gasteiger charge is 2.40. The molecule has 3 atom stereocenters. The lowest BCUT2D eigenvalue weighted by Crippen LogP contribution is -2.58. The number of urea groups is 1. The molecule has 0 spiro atoms. The zero-order chi connectivity index (χ0) is 38.1. The van der Waals surface area contributed by atoms with E-state index in [4.69, 9.17) is 4.74 Å². The lowest BCUT2D eigenvalue weighted by Gasteiger charge is -2.34. The Kier molecular flexibility index (Phi) is 13.2. The van der Waals surface area contributed by atoms with E-state index < -0.39 is 29.9 Å². The molecular formula is C40H51N7O5S. The van der Waals surface area contributed by atoms with E-state index in [2.05, 4.69) is 20.7 Å². The molecule has 4 aromatic rings. The predicted octanol–water partition coefficient (Wildman–Crippen LogP) is 5.81. The Morgan fingerprint density at radius 1 is 1.00 bits per heavy atom. The summed E-state index contributed by atoms with van der Waals surface area (Å²) >= 11 is 1.54. The number of hydrazine groups is 1. The highest BCUT2D eigenvalue weighted by atomic mass is 32.1. The van der Waals surface area contributed by atoms with Crippen molar-refractivity contribution in [3.8, 4) is 11.3 Å². The molecule has 0 aliphatic carbocycles.